The number of nitrogens with zero attached hydrogens (tertiary/aromatic N) is 1. The summed E-state index contributed by atoms with van der Waals surface area (Å²) in [7, 11) is 0. The first-order valence-corrected chi connectivity index (χ1v) is 19.3. The van der Waals surface area contributed by atoms with Crippen LogP contribution in [0.3, 0.4) is 0 Å². The Kier molecular flexibility index (Phi) is 8.96. The number of rotatable bonds is 5. The van der Waals surface area contributed by atoms with Crippen LogP contribution in [0.2, 0.25) is 0 Å². The fraction of sp³-hybridized carbons (Fsp3) is 0.154. The standard InChI is InChI=1S/C48H35N.2C2H6/c1-3-33(4-2)49(34-16-6-5-7-17-34)35-18-12-15-31(29-35)32-27-28-36-39-21-13-25-44-46(39)47-40(41(36)30-32)22-14-26-45(47)48(44)42-23-10-8-19-37(42)38-20-9-11-24-43(38)48;2*1-2/h3-30,39,46H,1H2,2H3;2*1-2H3/b33-4+;;. The molecular weight excluding hydrogens is 639 g/mol. The summed E-state index contributed by atoms with van der Waals surface area (Å²) in [5, 5.41) is 0. The lowest BCUT2D eigenvalue weighted by Gasteiger charge is -2.37. The van der Waals surface area contributed by atoms with E-state index in [1.807, 2.05) is 33.8 Å². The lowest BCUT2D eigenvalue weighted by atomic mass is 9.65. The second-order valence-electron chi connectivity index (χ2n) is 13.6. The van der Waals surface area contributed by atoms with E-state index >= 15 is 0 Å². The maximum absolute atomic E-state index is 4.13. The normalized spacial score (nSPS) is 17.2. The minimum absolute atomic E-state index is 0.276. The molecule has 0 aromatic heterocycles. The van der Waals surface area contributed by atoms with Gasteiger partial charge in [-0.15, -0.1) is 0 Å². The second kappa shape index (κ2) is 13.9. The van der Waals surface area contributed by atoms with Crippen LogP contribution in [0.25, 0.3) is 33.4 Å². The highest BCUT2D eigenvalue weighted by atomic mass is 15.1. The Labute approximate surface area is 316 Å². The molecule has 0 bridgehead atoms. The zero-order valence-corrected chi connectivity index (χ0v) is 31.5. The number of para-hydroxylation sites is 1. The van der Waals surface area contributed by atoms with Gasteiger partial charge in [-0.25, -0.2) is 0 Å². The average Bonchev–Trinajstić information content (AvgIpc) is 3.72. The number of allylic oxidation sites excluding steroid dienone is 6. The molecule has 0 aliphatic heterocycles. The van der Waals surface area contributed by atoms with Crippen LogP contribution in [0.4, 0.5) is 11.4 Å². The van der Waals surface area contributed by atoms with Crippen LogP contribution in [-0.4, -0.2) is 0 Å². The maximum atomic E-state index is 4.13. The van der Waals surface area contributed by atoms with Crippen molar-refractivity contribution >= 4 is 11.4 Å². The number of fused-ring (bicyclic) bond motifs is 10. The minimum atomic E-state index is -0.276. The zero-order chi connectivity index (χ0) is 36.7. The van der Waals surface area contributed by atoms with Gasteiger partial charge in [-0.2, -0.15) is 0 Å². The largest absolute Gasteiger partial charge is 0.311 e. The molecule has 1 nitrogen and oxygen atoms in total. The fourth-order valence-electron chi connectivity index (χ4n) is 9.56. The molecule has 53 heavy (non-hydrogen) atoms. The molecule has 2 atom stereocenters. The van der Waals surface area contributed by atoms with Gasteiger partial charge in [0.05, 0.1) is 5.41 Å². The molecule has 0 fully saturated rings. The Bertz CT molecular complexity index is 2390. The van der Waals surface area contributed by atoms with E-state index < -0.39 is 0 Å². The monoisotopic (exact) mass is 685 g/mol. The molecule has 0 amide bonds. The molecule has 6 aromatic rings. The topological polar surface area (TPSA) is 3.24 Å². The van der Waals surface area contributed by atoms with Crippen molar-refractivity contribution in [1.29, 1.82) is 0 Å². The van der Waals surface area contributed by atoms with Crippen molar-refractivity contribution in [2.24, 2.45) is 0 Å². The molecule has 2 unspecified atom stereocenters. The third kappa shape index (κ3) is 4.91. The fourth-order valence-corrected chi connectivity index (χ4v) is 9.56. The Balaban J connectivity index is 0.000000969. The summed E-state index contributed by atoms with van der Waals surface area (Å²) in [5.74, 6) is 0.608. The van der Waals surface area contributed by atoms with Gasteiger partial charge < -0.3 is 4.90 Å². The quantitative estimate of drug-likeness (QED) is 0.163. The highest BCUT2D eigenvalue weighted by Crippen LogP contribution is 2.69. The SMILES string of the molecule is C=C/C(=C\C)N(c1ccccc1)c1cccc(-c2ccc3c(c2)-c2cccc4c2C2C(=CC=CC32)C42c3ccccc3-c3ccccc32)c1.CC.CC. The van der Waals surface area contributed by atoms with Crippen LogP contribution in [-0.2, 0) is 5.41 Å². The van der Waals surface area contributed by atoms with E-state index in [1.165, 1.54) is 66.8 Å². The van der Waals surface area contributed by atoms with Crippen molar-refractivity contribution in [2.45, 2.75) is 51.9 Å². The van der Waals surface area contributed by atoms with Gasteiger partial charge >= 0.3 is 0 Å². The number of anilines is 2. The van der Waals surface area contributed by atoms with Gasteiger partial charge in [-0.3, -0.25) is 0 Å². The Morgan fingerprint density at radius 3 is 1.91 bits per heavy atom. The first-order chi connectivity index (χ1) is 26.2. The summed E-state index contributed by atoms with van der Waals surface area (Å²) in [4.78, 5) is 2.28. The molecule has 0 N–H and O–H groups in total. The summed E-state index contributed by atoms with van der Waals surface area (Å²) in [6.07, 6.45) is 11.3. The molecular formula is C52H47N. The van der Waals surface area contributed by atoms with E-state index in [4.69, 9.17) is 0 Å². The first-order valence-electron chi connectivity index (χ1n) is 19.3. The number of hydrogen-bond acceptors (Lipinski definition) is 1. The molecule has 1 heteroatoms. The summed E-state index contributed by atoms with van der Waals surface area (Å²) < 4.78 is 0. The van der Waals surface area contributed by atoms with E-state index in [-0.39, 0.29) is 5.41 Å². The van der Waals surface area contributed by atoms with Gasteiger partial charge in [0.2, 0.25) is 0 Å². The third-order valence-corrected chi connectivity index (χ3v) is 11.4. The number of hydrogen-bond donors (Lipinski definition) is 0. The van der Waals surface area contributed by atoms with Crippen molar-refractivity contribution in [3.63, 3.8) is 0 Å². The van der Waals surface area contributed by atoms with Gasteiger partial charge in [0.15, 0.2) is 0 Å². The van der Waals surface area contributed by atoms with Crippen LogP contribution < -0.4 is 4.90 Å². The van der Waals surface area contributed by atoms with E-state index in [2.05, 4.69) is 182 Å². The lowest BCUT2D eigenvalue weighted by Crippen LogP contribution is -2.28. The van der Waals surface area contributed by atoms with Crippen LogP contribution >= 0.6 is 0 Å². The molecule has 260 valence electrons. The molecule has 0 saturated carbocycles. The lowest BCUT2D eigenvalue weighted by molar-refractivity contribution is 0.649. The molecule has 4 aliphatic carbocycles. The zero-order valence-electron chi connectivity index (χ0n) is 31.5. The van der Waals surface area contributed by atoms with Crippen LogP contribution in [0.5, 0.6) is 0 Å². The Morgan fingerprint density at radius 2 is 1.21 bits per heavy atom. The summed E-state index contributed by atoms with van der Waals surface area (Å²) in [6, 6.07) is 52.0. The van der Waals surface area contributed by atoms with Crippen LogP contribution in [0.15, 0.2) is 188 Å². The maximum Gasteiger partial charge on any atom is 0.0685 e. The van der Waals surface area contributed by atoms with E-state index in [0.29, 0.717) is 11.8 Å². The van der Waals surface area contributed by atoms with Crippen LogP contribution in [0, 0.1) is 0 Å². The molecule has 0 heterocycles. The Morgan fingerprint density at radius 1 is 0.604 bits per heavy atom. The van der Waals surface area contributed by atoms with Crippen molar-refractivity contribution < 1.29 is 0 Å². The molecule has 6 aromatic carbocycles. The van der Waals surface area contributed by atoms with Crippen molar-refractivity contribution in [2.75, 3.05) is 4.90 Å². The highest BCUT2D eigenvalue weighted by molar-refractivity contribution is 5.93. The molecule has 4 aliphatic rings. The summed E-state index contributed by atoms with van der Waals surface area (Å²) in [5.41, 5.74) is 19.6. The molecule has 1 spiro atoms. The first kappa shape index (κ1) is 34.2. The smallest absolute Gasteiger partial charge is 0.0685 e. The molecule has 0 radical (unpaired) electrons. The minimum Gasteiger partial charge on any atom is -0.311 e. The van der Waals surface area contributed by atoms with Gasteiger partial charge in [0, 0.05) is 28.9 Å². The van der Waals surface area contributed by atoms with E-state index in [1.54, 1.807) is 0 Å². The van der Waals surface area contributed by atoms with Crippen LogP contribution in [0.1, 0.15) is 74.3 Å². The third-order valence-electron chi connectivity index (χ3n) is 11.4. The van der Waals surface area contributed by atoms with Gasteiger partial charge in [0.25, 0.3) is 0 Å². The summed E-state index contributed by atoms with van der Waals surface area (Å²) >= 11 is 0. The molecule has 0 saturated heterocycles. The predicted molar refractivity (Wildman–Crippen MR) is 227 cm³/mol. The van der Waals surface area contributed by atoms with Gasteiger partial charge in [0.1, 0.15) is 0 Å². The molecule has 10 rings (SSSR count). The predicted octanol–water partition coefficient (Wildman–Crippen LogP) is 14.3. The summed E-state index contributed by atoms with van der Waals surface area (Å²) in [6.45, 7) is 14.2. The van der Waals surface area contributed by atoms with E-state index in [9.17, 15) is 0 Å². The Hall–Kier alpha value is -5.92. The average molecular weight is 686 g/mol. The van der Waals surface area contributed by atoms with Crippen molar-refractivity contribution in [1.82, 2.24) is 0 Å². The van der Waals surface area contributed by atoms with Crippen molar-refractivity contribution in [3.8, 4) is 33.4 Å². The highest BCUT2D eigenvalue weighted by Gasteiger charge is 2.58. The van der Waals surface area contributed by atoms with Gasteiger partial charge in [-0.1, -0.05) is 168 Å². The number of benzene rings is 6. The van der Waals surface area contributed by atoms with Crippen molar-refractivity contribution in [3.05, 3.63) is 216 Å². The second-order valence-corrected chi connectivity index (χ2v) is 13.6. The van der Waals surface area contributed by atoms with E-state index in [0.717, 1.165) is 17.1 Å². The van der Waals surface area contributed by atoms with Gasteiger partial charge in [-0.05, 0) is 110 Å².